The average Bonchev–Trinajstić information content (AvgIpc) is 2.72. The number of nitrogens with one attached hydrogen (secondary N) is 1. The molecule has 2 aromatic rings. The van der Waals surface area contributed by atoms with Crippen LogP contribution < -0.4 is 0 Å². The molecule has 17 heavy (non-hydrogen) atoms. The van der Waals surface area contributed by atoms with E-state index in [1.54, 1.807) is 6.07 Å². The molecule has 86 valence electrons. The van der Waals surface area contributed by atoms with Crippen LogP contribution in [-0.4, -0.2) is 26.8 Å². The minimum absolute atomic E-state index is 0.00380. The molecule has 0 unspecified atom stereocenters. The van der Waals surface area contributed by atoms with E-state index >= 15 is 0 Å². The predicted octanol–water partition coefficient (Wildman–Crippen LogP) is 1.20. The summed E-state index contributed by atoms with van der Waals surface area (Å²) in [6, 6.07) is 4.40. The molecule has 0 saturated carbocycles. The number of fused-ring (bicyclic) bond motifs is 1. The number of aromatic nitrogens is 2. The van der Waals surface area contributed by atoms with Crippen molar-refractivity contribution in [2.45, 2.75) is 6.42 Å². The van der Waals surface area contributed by atoms with Gasteiger partial charge in [0, 0.05) is 23.9 Å². The van der Waals surface area contributed by atoms with E-state index in [-0.39, 0.29) is 12.3 Å². The number of aliphatic hydroxyl groups excluding tert-OH is 1. The summed E-state index contributed by atoms with van der Waals surface area (Å²) >= 11 is 0. The Kier molecular flexibility index (Phi) is 3.03. The van der Waals surface area contributed by atoms with Crippen LogP contribution in [0.2, 0.25) is 0 Å². The summed E-state index contributed by atoms with van der Waals surface area (Å²) in [5.74, 6) is 5.52. The summed E-state index contributed by atoms with van der Waals surface area (Å²) in [5, 5.41) is 26.6. The standard InChI is InChI=1S/C11H9N3O3/c15-6-2-1-3-10-9-7-8(14(16)17)4-5-11(9)13-12-10/h4-5,7,15H,2,6H2,(H,12,13). The lowest BCUT2D eigenvalue weighted by Gasteiger charge is -1.91. The third-order valence-corrected chi connectivity index (χ3v) is 2.20. The number of hydrogen-bond acceptors (Lipinski definition) is 4. The normalized spacial score (nSPS) is 9.94. The molecule has 0 aliphatic rings. The average molecular weight is 231 g/mol. The quantitative estimate of drug-likeness (QED) is 0.461. The van der Waals surface area contributed by atoms with Crippen molar-refractivity contribution in [1.29, 1.82) is 0 Å². The zero-order chi connectivity index (χ0) is 12.3. The molecule has 2 rings (SSSR count). The van der Waals surface area contributed by atoms with Gasteiger partial charge in [-0.15, -0.1) is 0 Å². The van der Waals surface area contributed by atoms with Crippen molar-refractivity contribution in [3.8, 4) is 11.8 Å². The first-order chi connectivity index (χ1) is 8.22. The van der Waals surface area contributed by atoms with Gasteiger partial charge in [-0.1, -0.05) is 5.92 Å². The molecule has 0 radical (unpaired) electrons. The van der Waals surface area contributed by atoms with E-state index in [4.69, 9.17) is 5.11 Å². The zero-order valence-corrected chi connectivity index (χ0v) is 8.80. The van der Waals surface area contributed by atoms with Crippen LogP contribution in [0.1, 0.15) is 12.1 Å². The summed E-state index contributed by atoms with van der Waals surface area (Å²) in [7, 11) is 0. The molecule has 1 aromatic carbocycles. The van der Waals surface area contributed by atoms with Gasteiger partial charge >= 0.3 is 0 Å². The largest absolute Gasteiger partial charge is 0.395 e. The van der Waals surface area contributed by atoms with Gasteiger partial charge in [-0.2, -0.15) is 5.10 Å². The van der Waals surface area contributed by atoms with Gasteiger partial charge in [-0.05, 0) is 12.0 Å². The van der Waals surface area contributed by atoms with E-state index in [2.05, 4.69) is 22.0 Å². The summed E-state index contributed by atoms with van der Waals surface area (Å²) in [6.07, 6.45) is 0.357. The van der Waals surface area contributed by atoms with Crippen molar-refractivity contribution in [3.63, 3.8) is 0 Å². The Balaban J connectivity index is 2.48. The maximum Gasteiger partial charge on any atom is 0.270 e. The fourth-order valence-corrected chi connectivity index (χ4v) is 1.41. The molecular weight excluding hydrogens is 222 g/mol. The maximum absolute atomic E-state index is 10.6. The summed E-state index contributed by atoms with van der Waals surface area (Å²) in [5.41, 5.74) is 1.16. The van der Waals surface area contributed by atoms with Crippen molar-refractivity contribution in [1.82, 2.24) is 10.2 Å². The number of nitro benzene ring substituents is 1. The molecule has 0 aliphatic carbocycles. The van der Waals surface area contributed by atoms with Crippen LogP contribution in [0.3, 0.4) is 0 Å². The molecule has 6 heteroatoms. The topological polar surface area (TPSA) is 92.0 Å². The van der Waals surface area contributed by atoms with Gasteiger partial charge in [0.25, 0.3) is 5.69 Å². The molecule has 0 fully saturated rings. The molecule has 0 saturated heterocycles. The van der Waals surface area contributed by atoms with Crippen molar-refractivity contribution in [2.75, 3.05) is 6.61 Å². The van der Waals surface area contributed by atoms with Crippen LogP contribution in [0.25, 0.3) is 10.9 Å². The first-order valence-corrected chi connectivity index (χ1v) is 4.94. The number of rotatable bonds is 2. The smallest absolute Gasteiger partial charge is 0.270 e. The number of nitro groups is 1. The van der Waals surface area contributed by atoms with Gasteiger partial charge in [0.05, 0.1) is 17.0 Å². The van der Waals surface area contributed by atoms with Crippen LogP contribution >= 0.6 is 0 Å². The number of benzene rings is 1. The molecular formula is C11H9N3O3. The number of H-pyrrole nitrogens is 1. The highest BCUT2D eigenvalue weighted by molar-refractivity contribution is 5.86. The highest BCUT2D eigenvalue weighted by Crippen LogP contribution is 2.21. The Morgan fingerprint density at radius 3 is 3.06 bits per heavy atom. The lowest BCUT2D eigenvalue weighted by molar-refractivity contribution is -0.384. The van der Waals surface area contributed by atoms with Crippen molar-refractivity contribution < 1.29 is 10.0 Å². The Bertz CT molecular complexity index is 622. The van der Waals surface area contributed by atoms with Crippen molar-refractivity contribution in [2.24, 2.45) is 0 Å². The summed E-state index contributed by atoms with van der Waals surface area (Å²) in [6.45, 7) is -0.0147. The molecule has 0 bridgehead atoms. The number of hydrogen-bond donors (Lipinski definition) is 2. The van der Waals surface area contributed by atoms with Gasteiger partial charge in [0.15, 0.2) is 0 Å². The summed E-state index contributed by atoms with van der Waals surface area (Å²) < 4.78 is 0. The second-order valence-corrected chi connectivity index (χ2v) is 3.33. The number of aromatic amines is 1. The van der Waals surface area contributed by atoms with Crippen LogP contribution in [-0.2, 0) is 0 Å². The molecule has 0 atom stereocenters. The second kappa shape index (κ2) is 4.63. The Morgan fingerprint density at radius 2 is 2.35 bits per heavy atom. The monoisotopic (exact) mass is 231 g/mol. The van der Waals surface area contributed by atoms with Crippen LogP contribution in [0, 0.1) is 22.0 Å². The van der Waals surface area contributed by atoms with E-state index in [1.807, 2.05) is 0 Å². The Hall–Kier alpha value is -2.39. The van der Waals surface area contributed by atoms with Gasteiger partial charge in [-0.25, -0.2) is 0 Å². The SMILES string of the molecule is O=[N+]([O-])c1ccc2n[nH]c(C#CCCO)c2c1. The second-order valence-electron chi connectivity index (χ2n) is 3.33. The van der Waals surface area contributed by atoms with E-state index in [0.29, 0.717) is 23.0 Å². The molecule has 0 aliphatic heterocycles. The molecule has 2 N–H and O–H groups in total. The van der Waals surface area contributed by atoms with E-state index < -0.39 is 4.92 Å². The number of aliphatic hydroxyl groups is 1. The number of non-ortho nitro benzene ring substituents is 1. The third kappa shape index (κ3) is 2.24. The predicted molar refractivity (Wildman–Crippen MR) is 61.3 cm³/mol. The lowest BCUT2D eigenvalue weighted by atomic mass is 10.2. The van der Waals surface area contributed by atoms with Crippen molar-refractivity contribution >= 4 is 16.6 Å². The first kappa shape index (κ1) is 11.1. The minimum atomic E-state index is -0.461. The third-order valence-electron chi connectivity index (χ3n) is 2.20. The van der Waals surface area contributed by atoms with Gasteiger partial charge < -0.3 is 5.11 Å². The summed E-state index contributed by atoms with van der Waals surface area (Å²) in [4.78, 5) is 10.2. The van der Waals surface area contributed by atoms with E-state index in [0.717, 1.165) is 0 Å². The molecule has 0 spiro atoms. The highest BCUT2D eigenvalue weighted by atomic mass is 16.6. The number of nitrogens with zero attached hydrogens (tertiary/aromatic N) is 2. The first-order valence-electron chi connectivity index (χ1n) is 4.94. The van der Waals surface area contributed by atoms with Gasteiger partial charge in [0.1, 0.15) is 5.69 Å². The highest BCUT2D eigenvalue weighted by Gasteiger charge is 2.10. The zero-order valence-electron chi connectivity index (χ0n) is 8.80. The van der Waals surface area contributed by atoms with E-state index in [9.17, 15) is 10.1 Å². The fourth-order valence-electron chi connectivity index (χ4n) is 1.41. The van der Waals surface area contributed by atoms with Gasteiger partial charge in [0.2, 0.25) is 0 Å². The fraction of sp³-hybridized carbons (Fsp3) is 0.182. The Labute approximate surface area is 96.4 Å². The molecule has 0 amide bonds. The molecule has 6 nitrogen and oxygen atoms in total. The minimum Gasteiger partial charge on any atom is -0.395 e. The van der Waals surface area contributed by atoms with Crippen molar-refractivity contribution in [3.05, 3.63) is 34.0 Å². The molecule has 1 heterocycles. The van der Waals surface area contributed by atoms with Crippen LogP contribution in [0.15, 0.2) is 18.2 Å². The lowest BCUT2D eigenvalue weighted by Crippen LogP contribution is -1.86. The van der Waals surface area contributed by atoms with E-state index in [1.165, 1.54) is 12.1 Å². The van der Waals surface area contributed by atoms with Crippen LogP contribution in [0.4, 0.5) is 5.69 Å². The van der Waals surface area contributed by atoms with Gasteiger partial charge in [-0.3, -0.25) is 15.2 Å². The van der Waals surface area contributed by atoms with Crippen LogP contribution in [0.5, 0.6) is 0 Å². The molecule has 1 aromatic heterocycles. The maximum atomic E-state index is 10.6. The Morgan fingerprint density at radius 1 is 1.53 bits per heavy atom.